The van der Waals surface area contributed by atoms with Crippen LogP contribution >= 0.6 is 0 Å². The molecule has 17 heteroatoms. The van der Waals surface area contributed by atoms with E-state index in [0.29, 0.717) is 6.42 Å². The molecule has 17 nitrogen and oxygen atoms in total. The molecule has 3 aliphatic rings. The van der Waals surface area contributed by atoms with E-state index >= 15 is 0 Å². The van der Waals surface area contributed by atoms with Gasteiger partial charge in [-0.25, -0.2) is 0 Å². The highest BCUT2D eigenvalue weighted by Crippen LogP contribution is 2.40. The summed E-state index contributed by atoms with van der Waals surface area (Å²) in [7, 11) is 1.56. The van der Waals surface area contributed by atoms with E-state index in [2.05, 4.69) is 0 Å². The Bertz CT molecular complexity index is 3540. The Morgan fingerprint density at radius 1 is 0.320 bits per heavy atom. The Kier molecular flexibility index (Phi) is 28.5. The van der Waals surface area contributed by atoms with E-state index in [1.807, 2.05) is 250 Å². The molecule has 8 aromatic carbocycles. The van der Waals surface area contributed by atoms with Gasteiger partial charge < -0.3 is 75.8 Å². The van der Waals surface area contributed by atoms with Crippen LogP contribution in [-0.2, 0) is 133 Å². The van der Waals surface area contributed by atoms with Crippen molar-refractivity contribution in [2.75, 3.05) is 33.5 Å². The van der Waals surface area contributed by atoms with Crippen molar-refractivity contribution in [2.45, 2.75) is 179 Å². The molecule has 6 unspecified atom stereocenters. The number of esters is 1. The Morgan fingerprint density at radius 3 is 0.920 bits per heavy atom. The first-order valence-electron chi connectivity index (χ1n) is 34.8. The van der Waals surface area contributed by atoms with E-state index in [-0.39, 0.29) is 79.3 Å². The van der Waals surface area contributed by atoms with Crippen LogP contribution in [0.1, 0.15) is 78.6 Å². The van der Waals surface area contributed by atoms with Crippen molar-refractivity contribution in [1.82, 2.24) is 0 Å². The second-order valence-corrected chi connectivity index (χ2v) is 26.3. The Labute approximate surface area is 589 Å². The van der Waals surface area contributed by atoms with Gasteiger partial charge in [0, 0.05) is 13.7 Å². The zero-order chi connectivity index (χ0) is 69.1. The van der Waals surface area contributed by atoms with E-state index in [4.69, 9.17) is 75.8 Å². The minimum Gasteiger partial charge on any atom is -0.454 e. The summed E-state index contributed by atoms with van der Waals surface area (Å²) in [5.74, 6) is -0.529. The summed E-state index contributed by atoms with van der Waals surface area (Å²) in [5, 5.41) is 0. The smallest absolute Gasteiger partial charge is 0.311 e. The van der Waals surface area contributed by atoms with Gasteiger partial charge in [0.05, 0.1) is 78.1 Å². The molecule has 15 atom stereocenters. The Balaban J connectivity index is 1.01. The molecule has 530 valence electrons. The fourth-order valence-electron chi connectivity index (χ4n) is 12.3. The summed E-state index contributed by atoms with van der Waals surface area (Å²) < 4.78 is 113. The van der Waals surface area contributed by atoms with Crippen molar-refractivity contribution in [3.05, 3.63) is 287 Å². The summed E-state index contributed by atoms with van der Waals surface area (Å²) in [4.78, 5) is 14.8. The minimum atomic E-state index is -1.41. The van der Waals surface area contributed by atoms with Gasteiger partial charge in [0.15, 0.2) is 25.0 Å². The fourth-order valence-corrected chi connectivity index (χ4v) is 12.3. The van der Waals surface area contributed by atoms with E-state index in [0.717, 1.165) is 44.5 Å². The van der Waals surface area contributed by atoms with Gasteiger partial charge in [-0.1, -0.05) is 250 Å². The molecule has 3 heterocycles. The number of rotatable bonds is 36. The number of carbonyl (C=O) groups is 1. The topological polar surface area (TPSA) is 165 Å². The predicted molar refractivity (Wildman–Crippen MR) is 375 cm³/mol. The molecule has 0 N–H and O–H groups in total. The molecule has 3 fully saturated rings. The Morgan fingerprint density at radius 2 is 0.590 bits per heavy atom. The third-order valence-corrected chi connectivity index (χ3v) is 17.6. The van der Waals surface area contributed by atoms with Gasteiger partial charge in [-0.3, -0.25) is 4.79 Å². The highest BCUT2D eigenvalue weighted by molar-refractivity contribution is 5.75. The quantitative estimate of drug-likeness (QED) is 0.0340. The first kappa shape index (κ1) is 73.8. The molecule has 0 amide bonds. The van der Waals surface area contributed by atoms with E-state index < -0.39 is 104 Å². The van der Waals surface area contributed by atoms with Crippen molar-refractivity contribution in [3.8, 4) is 0 Å². The van der Waals surface area contributed by atoms with Crippen LogP contribution < -0.4 is 0 Å². The first-order chi connectivity index (χ1) is 49.1. The first-order valence-corrected chi connectivity index (χ1v) is 34.8. The second kappa shape index (κ2) is 38.6. The average Bonchev–Trinajstić information content (AvgIpc) is 0.775. The van der Waals surface area contributed by atoms with Crippen LogP contribution in [0.5, 0.6) is 0 Å². The normalized spacial score (nSPS) is 25.5. The number of carbonyl (C=O) groups excluding carboxylic acids is 1. The van der Waals surface area contributed by atoms with Gasteiger partial charge in [0.2, 0.25) is 0 Å². The van der Waals surface area contributed by atoms with E-state index in [1.165, 1.54) is 0 Å². The van der Waals surface area contributed by atoms with Crippen LogP contribution in [0.4, 0.5) is 0 Å². The van der Waals surface area contributed by atoms with Gasteiger partial charge in [0.25, 0.3) is 0 Å². The summed E-state index contributed by atoms with van der Waals surface area (Å²) in [6, 6.07) is 79.3. The number of benzene rings is 8. The molecule has 8 aromatic rings. The van der Waals surface area contributed by atoms with Crippen molar-refractivity contribution in [3.63, 3.8) is 0 Å². The molecule has 3 aliphatic heterocycles. The van der Waals surface area contributed by atoms with Crippen LogP contribution in [-0.4, -0.2) is 132 Å². The van der Waals surface area contributed by atoms with Crippen LogP contribution in [0, 0.1) is 5.41 Å². The predicted octanol–water partition coefficient (Wildman–Crippen LogP) is 13.9. The highest BCUT2D eigenvalue weighted by Gasteiger charge is 2.58. The van der Waals surface area contributed by atoms with Crippen LogP contribution in [0.2, 0.25) is 0 Å². The zero-order valence-corrected chi connectivity index (χ0v) is 57.9. The maximum absolute atomic E-state index is 14.8. The number of hydrogen-bond acceptors (Lipinski definition) is 17. The molecule has 0 radical (unpaired) electrons. The number of ether oxygens (including phenoxy) is 16. The molecular weight excluding hydrogens is 1270 g/mol. The van der Waals surface area contributed by atoms with E-state index in [1.54, 1.807) is 27.9 Å². The van der Waals surface area contributed by atoms with Crippen LogP contribution in [0.25, 0.3) is 0 Å². The maximum atomic E-state index is 14.8. The molecule has 0 spiro atoms. The molecule has 3 saturated heterocycles. The Hall–Kier alpha value is -7.37. The lowest BCUT2D eigenvalue weighted by molar-refractivity contribution is -0.396. The third kappa shape index (κ3) is 21.6. The summed E-state index contributed by atoms with van der Waals surface area (Å²) in [6.45, 7) is 9.32. The van der Waals surface area contributed by atoms with Gasteiger partial charge in [-0.15, -0.1) is 0 Å². The molecule has 0 aromatic heterocycles. The molecule has 100 heavy (non-hydrogen) atoms. The number of hydrogen-bond donors (Lipinski definition) is 0. The van der Waals surface area contributed by atoms with Gasteiger partial charge in [0.1, 0.15) is 67.1 Å². The standard InChI is InChI=1S/C83H96O17/c1-6-47-89-75-72(98-81-78(100-82(84)83(2,3)4)74(93-54-65-43-27-13-28-44-65)71(91-52-63-39-23-11-24-40-63)68(97-81)57-87-49-60-33-17-8-18-34-60)69(58-88-50-61-35-19-9-20-36-61)95-79(85-5)77(75)99-80-76(94-55-66-45-29-14-30-46-66)73(92-53-64-41-25-12-26-42-64)70(90-51-62-37-21-10-22-38-62)67(96-80)56-86-48-59-31-15-7-16-32-59/h7-46,67-81H,6,47-58H2,1-5H3/t67?,68?,69?,70-,71-,72-,73-,74-,75-,76?,77?,78?,79+,80-,81-/m0/s1. The lowest BCUT2D eigenvalue weighted by Crippen LogP contribution is -2.68. The SMILES string of the molecule is CCCO[C@@H]1C(O[C@@H]2OC(COCc3ccccc3)[C@H](OCc3ccccc3)[C@H](OCc3ccccc3)C2OCc2ccccc2)[C@H](OC)OC(COCc2ccccc2)[C@@H]1O[C@@H]1OC(COCc2ccccc2)[C@H](OCc2ccccc2)[C@H](OCc2ccccc2)C1OC(=O)C(C)(C)C. The van der Waals surface area contributed by atoms with Crippen LogP contribution in [0.15, 0.2) is 243 Å². The summed E-state index contributed by atoms with van der Waals surface area (Å²) in [6.07, 6.45) is -15.2. The monoisotopic (exact) mass is 1360 g/mol. The van der Waals surface area contributed by atoms with Crippen molar-refractivity contribution in [2.24, 2.45) is 5.41 Å². The van der Waals surface area contributed by atoms with E-state index in [9.17, 15) is 4.79 Å². The molecular formula is C83H96O17. The summed E-state index contributed by atoms with van der Waals surface area (Å²) >= 11 is 0. The van der Waals surface area contributed by atoms with Crippen LogP contribution in [0.3, 0.4) is 0 Å². The van der Waals surface area contributed by atoms with Gasteiger partial charge in [-0.05, 0) is 71.7 Å². The van der Waals surface area contributed by atoms with Crippen molar-refractivity contribution >= 4 is 5.97 Å². The molecule has 0 aliphatic carbocycles. The minimum absolute atomic E-state index is 0.0144. The summed E-state index contributed by atoms with van der Waals surface area (Å²) in [5.41, 5.74) is 6.46. The largest absolute Gasteiger partial charge is 0.454 e. The lowest BCUT2D eigenvalue weighted by atomic mass is 9.94. The van der Waals surface area contributed by atoms with Gasteiger partial charge >= 0.3 is 5.97 Å². The maximum Gasteiger partial charge on any atom is 0.311 e. The fraction of sp³-hybridized carbons (Fsp3) is 0.410. The third-order valence-electron chi connectivity index (χ3n) is 17.6. The van der Waals surface area contributed by atoms with Gasteiger partial charge in [-0.2, -0.15) is 0 Å². The number of methoxy groups -OCH3 is 1. The highest BCUT2D eigenvalue weighted by atomic mass is 16.8. The lowest BCUT2D eigenvalue weighted by Gasteiger charge is -2.51. The molecule has 11 rings (SSSR count). The van der Waals surface area contributed by atoms with Crippen molar-refractivity contribution < 1.29 is 80.6 Å². The molecule has 0 saturated carbocycles. The average molecular weight is 1370 g/mol. The zero-order valence-electron chi connectivity index (χ0n) is 57.9. The second-order valence-electron chi connectivity index (χ2n) is 26.3. The molecule has 0 bridgehead atoms. The van der Waals surface area contributed by atoms with Crippen molar-refractivity contribution in [1.29, 1.82) is 0 Å².